The maximum Gasteiger partial charge on any atom is 0.260 e. The number of likely N-dealkylation sites (N-methyl/N-ethyl adjacent to an activating group) is 1. The van der Waals surface area contributed by atoms with Crippen LogP contribution in [-0.4, -0.2) is 62.4 Å². The van der Waals surface area contributed by atoms with Crippen LogP contribution in [0.5, 0.6) is 5.75 Å². The molecule has 27 heavy (non-hydrogen) atoms. The summed E-state index contributed by atoms with van der Waals surface area (Å²) in [6, 6.07) is 5.98. The molecule has 146 valence electrons. The normalized spacial score (nSPS) is 17.7. The van der Waals surface area contributed by atoms with Gasteiger partial charge in [0, 0.05) is 12.6 Å². The molecule has 10 heteroatoms. The van der Waals surface area contributed by atoms with Gasteiger partial charge < -0.3 is 15.0 Å². The van der Waals surface area contributed by atoms with Gasteiger partial charge in [-0.05, 0) is 31.5 Å². The van der Waals surface area contributed by atoms with E-state index in [0.717, 1.165) is 0 Å². The standard InChI is InChI=1S/C17H20ClN3O5S/c1-2-21(9-16(22)20-13-5-6-27(24,25)11-13)17(23)10-26-15-4-3-12(8-19)7-14(15)18/h3-4,7,13H,2,5-6,9-11H2,1H3,(H,20,22)/t13-/m0/s1. The Balaban J connectivity index is 1.86. The largest absolute Gasteiger partial charge is 0.482 e. The van der Waals surface area contributed by atoms with Gasteiger partial charge in [0.2, 0.25) is 5.91 Å². The molecule has 0 aromatic heterocycles. The van der Waals surface area contributed by atoms with Crippen molar-refractivity contribution in [3.63, 3.8) is 0 Å². The Kier molecular flexibility index (Phi) is 7.05. The number of hydrogen-bond acceptors (Lipinski definition) is 6. The molecule has 8 nitrogen and oxygen atoms in total. The number of rotatable bonds is 7. The highest BCUT2D eigenvalue weighted by Gasteiger charge is 2.29. The van der Waals surface area contributed by atoms with E-state index in [2.05, 4.69) is 5.32 Å². The quantitative estimate of drug-likeness (QED) is 0.704. The van der Waals surface area contributed by atoms with E-state index in [1.165, 1.54) is 23.1 Å². The Labute approximate surface area is 163 Å². The lowest BCUT2D eigenvalue weighted by Crippen LogP contribution is -2.45. The number of amides is 2. The van der Waals surface area contributed by atoms with Crippen molar-refractivity contribution in [1.82, 2.24) is 10.2 Å². The van der Waals surface area contributed by atoms with E-state index >= 15 is 0 Å². The third-order valence-corrected chi connectivity index (χ3v) is 6.14. The van der Waals surface area contributed by atoms with E-state index in [9.17, 15) is 18.0 Å². The lowest BCUT2D eigenvalue weighted by atomic mass is 10.2. The van der Waals surface area contributed by atoms with Gasteiger partial charge in [0.05, 0.1) is 34.7 Å². The number of carbonyl (C=O) groups excluding carboxylic acids is 2. The molecule has 0 unspecified atom stereocenters. The fourth-order valence-electron chi connectivity index (χ4n) is 2.65. The summed E-state index contributed by atoms with van der Waals surface area (Å²) in [4.78, 5) is 25.7. The second-order valence-corrected chi connectivity index (χ2v) is 8.76. The smallest absolute Gasteiger partial charge is 0.260 e. The minimum absolute atomic E-state index is 0.0631. The van der Waals surface area contributed by atoms with E-state index in [1.54, 1.807) is 6.92 Å². The van der Waals surface area contributed by atoms with E-state index in [0.29, 0.717) is 18.5 Å². The Morgan fingerprint density at radius 3 is 2.74 bits per heavy atom. The SMILES string of the molecule is CCN(CC(=O)N[C@H]1CCS(=O)(=O)C1)C(=O)COc1ccc(C#N)cc1Cl. The number of benzene rings is 1. The molecule has 1 atom stereocenters. The van der Waals surface area contributed by atoms with Gasteiger partial charge in [-0.15, -0.1) is 0 Å². The van der Waals surface area contributed by atoms with Crippen molar-refractivity contribution in [1.29, 1.82) is 5.26 Å². The first kappa shape index (κ1) is 21.0. The van der Waals surface area contributed by atoms with Gasteiger partial charge in [0.25, 0.3) is 5.91 Å². The van der Waals surface area contributed by atoms with Crippen LogP contribution in [0.1, 0.15) is 18.9 Å². The summed E-state index contributed by atoms with van der Waals surface area (Å²) in [5.41, 5.74) is 0.374. The molecule has 1 saturated heterocycles. The molecule has 1 heterocycles. The summed E-state index contributed by atoms with van der Waals surface area (Å²) in [5.74, 6) is -0.566. The van der Waals surface area contributed by atoms with Crippen LogP contribution in [0, 0.1) is 11.3 Å². The minimum Gasteiger partial charge on any atom is -0.482 e. The number of nitriles is 1. The third kappa shape index (κ3) is 6.12. The van der Waals surface area contributed by atoms with E-state index in [4.69, 9.17) is 21.6 Å². The Bertz CT molecular complexity index is 866. The Hall–Kier alpha value is -2.31. The number of sulfone groups is 1. The molecule has 2 amide bonds. The summed E-state index contributed by atoms with van der Waals surface area (Å²) >= 11 is 5.99. The first-order valence-electron chi connectivity index (χ1n) is 8.34. The first-order chi connectivity index (χ1) is 12.7. The summed E-state index contributed by atoms with van der Waals surface area (Å²) in [7, 11) is -3.09. The van der Waals surface area contributed by atoms with E-state index in [-0.39, 0.29) is 35.4 Å². The number of nitrogens with one attached hydrogen (secondary N) is 1. The average molecular weight is 414 g/mol. The van der Waals surface area contributed by atoms with Crippen LogP contribution in [0.3, 0.4) is 0 Å². The molecular formula is C17H20ClN3O5S. The number of halogens is 1. The molecule has 0 saturated carbocycles. The second-order valence-electron chi connectivity index (χ2n) is 6.12. The summed E-state index contributed by atoms with van der Waals surface area (Å²) in [6.45, 7) is 1.51. The van der Waals surface area contributed by atoms with Crippen LogP contribution in [0.25, 0.3) is 0 Å². The van der Waals surface area contributed by atoms with Crippen LogP contribution < -0.4 is 10.1 Å². The molecule has 0 radical (unpaired) electrons. The zero-order chi connectivity index (χ0) is 20.0. The maximum atomic E-state index is 12.3. The summed E-state index contributed by atoms with van der Waals surface area (Å²) in [6.07, 6.45) is 0.383. The van der Waals surface area contributed by atoms with Crippen molar-refractivity contribution >= 4 is 33.3 Å². The minimum atomic E-state index is -3.09. The van der Waals surface area contributed by atoms with Crippen molar-refractivity contribution < 1.29 is 22.7 Å². The van der Waals surface area contributed by atoms with Gasteiger partial charge in [-0.3, -0.25) is 9.59 Å². The van der Waals surface area contributed by atoms with Crippen LogP contribution in [0.4, 0.5) is 0 Å². The number of nitrogens with zero attached hydrogens (tertiary/aromatic N) is 2. The van der Waals surface area contributed by atoms with Crippen molar-refractivity contribution in [2.45, 2.75) is 19.4 Å². The Morgan fingerprint density at radius 1 is 1.44 bits per heavy atom. The highest BCUT2D eigenvalue weighted by Crippen LogP contribution is 2.25. The molecule has 0 spiro atoms. The zero-order valence-corrected chi connectivity index (χ0v) is 16.3. The molecule has 1 aliphatic rings. The van der Waals surface area contributed by atoms with Gasteiger partial charge in [-0.1, -0.05) is 11.6 Å². The molecule has 1 aromatic rings. The predicted octanol–water partition coefficient (Wildman–Crippen LogP) is 0.742. The van der Waals surface area contributed by atoms with Gasteiger partial charge in [-0.2, -0.15) is 5.26 Å². The molecule has 1 fully saturated rings. The van der Waals surface area contributed by atoms with Crippen molar-refractivity contribution in [3.05, 3.63) is 28.8 Å². The fraction of sp³-hybridized carbons (Fsp3) is 0.471. The molecule has 0 bridgehead atoms. The van der Waals surface area contributed by atoms with Gasteiger partial charge in [0.15, 0.2) is 16.4 Å². The highest BCUT2D eigenvalue weighted by molar-refractivity contribution is 7.91. The van der Waals surface area contributed by atoms with E-state index < -0.39 is 27.7 Å². The zero-order valence-electron chi connectivity index (χ0n) is 14.8. The van der Waals surface area contributed by atoms with Crippen LogP contribution >= 0.6 is 11.6 Å². The van der Waals surface area contributed by atoms with Gasteiger partial charge >= 0.3 is 0 Å². The second kappa shape index (κ2) is 9.06. The van der Waals surface area contributed by atoms with Crippen molar-refractivity contribution in [2.24, 2.45) is 0 Å². The van der Waals surface area contributed by atoms with Crippen LogP contribution in [0.15, 0.2) is 18.2 Å². The van der Waals surface area contributed by atoms with Gasteiger partial charge in [-0.25, -0.2) is 8.42 Å². The third-order valence-electron chi connectivity index (χ3n) is 4.08. The van der Waals surface area contributed by atoms with Crippen LogP contribution in [-0.2, 0) is 19.4 Å². The highest BCUT2D eigenvalue weighted by atomic mass is 35.5. The number of ether oxygens (including phenoxy) is 1. The molecule has 2 rings (SSSR count). The lowest BCUT2D eigenvalue weighted by molar-refractivity contribution is -0.137. The maximum absolute atomic E-state index is 12.3. The number of hydrogen-bond donors (Lipinski definition) is 1. The Morgan fingerprint density at radius 2 is 2.19 bits per heavy atom. The van der Waals surface area contributed by atoms with E-state index in [1.807, 2.05) is 6.07 Å². The summed E-state index contributed by atoms with van der Waals surface area (Å²) < 4.78 is 28.3. The van der Waals surface area contributed by atoms with Crippen molar-refractivity contribution in [3.8, 4) is 11.8 Å². The van der Waals surface area contributed by atoms with Gasteiger partial charge in [0.1, 0.15) is 5.75 Å². The average Bonchev–Trinajstić information content (AvgIpc) is 2.96. The lowest BCUT2D eigenvalue weighted by Gasteiger charge is -2.21. The molecule has 0 aliphatic carbocycles. The molecule has 1 aromatic carbocycles. The molecule has 1 aliphatic heterocycles. The van der Waals surface area contributed by atoms with Crippen molar-refractivity contribution in [2.75, 3.05) is 31.2 Å². The first-order valence-corrected chi connectivity index (χ1v) is 10.5. The van der Waals surface area contributed by atoms with Crippen LogP contribution in [0.2, 0.25) is 5.02 Å². The molecular weight excluding hydrogens is 394 g/mol. The molecule has 1 N–H and O–H groups in total. The topological polar surface area (TPSA) is 117 Å². The summed E-state index contributed by atoms with van der Waals surface area (Å²) in [5, 5.41) is 11.7. The fourth-order valence-corrected chi connectivity index (χ4v) is 4.56. The predicted molar refractivity (Wildman–Crippen MR) is 99.1 cm³/mol. The number of carbonyl (C=O) groups is 2. The monoisotopic (exact) mass is 413 g/mol.